The monoisotopic (exact) mass is 248 g/mol. The standard InChI is InChI=1S/C14H24N4/c1-15-14(17-13-6-4-3-5-7-13)16-10-12-8-9-18(2)11-12/h8-9,11,13H,3-7,10H2,1-2H3,(H2,15,16,17). The van der Waals surface area contributed by atoms with Gasteiger partial charge in [-0.2, -0.15) is 0 Å². The van der Waals surface area contributed by atoms with Gasteiger partial charge in [-0.05, 0) is 24.5 Å². The van der Waals surface area contributed by atoms with Gasteiger partial charge in [-0.3, -0.25) is 4.99 Å². The van der Waals surface area contributed by atoms with Crippen LogP contribution >= 0.6 is 0 Å². The van der Waals surface area contributed by atoms with E-state index in [4.69, 9.17) is 0 Å². The van der Waals surface area contributed by atoms with E-state index in [0.29, 0.717) is 6.04 Å². The van der Waals surface area contributed by atoms with Crippen LogP contribution in [0.2, 0.25) is 0 Å². The Morgan fingerprint density at radius 3 is 2.78 bits per heavy atom. The Bertz CT molecular complexity index is 388. The summed E-state index contributed by atoms with van der Waals surface area (Å²) in [7, 11) is 3.88. The van der Waals surface area contributed by atoms with E-state index in [1.54, 1.807) is 0 Å². The van der Waals surface area contributed by atoms with E-state index in [1.807, 2.05) is 14.1 Å². The molecule has 1 aliphatic carbocycles. The summed E-state index contributed by atoms with van der Waals surface area (Å²) in [4.78, 5) is 4.29. The lowest BCUT2D eigenvalue weighted by Gasteiger charge is -2.24. The first kappa shape index (κ1) is 13.0. The fraction of sp³-hybridized carbons (Fsp3) is 0.643. The predicted molar refractivity (Wildman–Crippen MR) is 75.6 cm³/mol. The summed E-state index contributed by atoms with van der Waals surface area (Å²) in [5, 5.41) is 6.89. The molecule has 4 nitrogen and oxygen atoms in total. The second-order valence-corrected chi connectivity index (χ2v) is 5.09. The number of guanidine groups is 1. The summed E-state index contributed by atoms with van der Waals surface area (Å²) in [5.41, 5.74) is 1.28. The second-order valence-electron chi connectivity index (χ2n) is 5.09. The van der Waals surface area contributed by atoms with Crippen LogP contribution in [0.15, 0.2) is 23.5 Å². The van der Waals surface area contributed by atoms with Gasteiger partial charge in [0.15, 0.2) is 5.96 Å². The summed E-state index contributed by atoms with van der Waals surface area (Å²) in [6, 6.07) is 2.72. The van der Waals surface area contributed by atoms with E-state index in [-0.39, 0.29) is 0 Å². The van der Waals surface area contributed by atoms with E-state index in [1.165, 1.54) is 37.7 Å². The van der Waals surface area contributed by atoms with Gasteiger partial charge in [0.2, 0.25) is 0 Å². The van der Waals surface area contributed by atoms with Crippen LogP contribution in [0.3, 0.4) is 0 Å². The molecule has 1 saturated carbocycles. The number of nitrogens with one attached hydrogen (secondary N) is 2. The zero-order valence-electron chi connectivity index (χ0n) is 11.4. The quantitative estimate of drug-likeness (QED) is 0.635. The van der Waals surface area contributed by atoms with Gasteiger partial charge in [-0.25, -0.2) is 0 Å². The smallest absolute Gasteiger partial charge is 0.191 e. The largest absolute Gasteiger partial charge is 0.357 e. The number of aliphatic imine (C=N–C) groups is 1. The molecule has 0 bridgehead atoms. The molecule has 0 atom stereocenters. The molecule has 1 heterocycles. The molecule has 0 radical (unpaired) electrons. The Balaban J connectivity index is 1.78. The van der Waals surface area contributed by atoms with Crippen LogP contribution in [-0.4, -0.2) is 23.6 Å². The molecule has 0 unspecified atom stereocenters. The molecule has 0 saturated heterocycles. The van der Waals surface area contributed by atoms with Crippen molar-refractivity contribution in [1.29, 1.82) is 0 Å². The van der Waals surface area contributed by atoms with Crippen molar-refractivity contribution in [2.45, 2.75) is 44.7 Å². The summed E-state index contributed by atoms with van der Waals surface area (Å²) in [6.45, 7) is 0.827. The van der Waals surface area contributed by atoms with Crippen LogP contribution in [0.5, 0.6) is 0 Å². The lowest BCUT2D eigenvalue weighted by atomic mass is 9.96. The average Bonchev–Trinajstić information content (AvgIpc) is 2.81. The fourth-order valence-corrected chi connectivity index (χ4v) is 2.49. The molecule has 1 fully saturated rings. The maximum atomic E-state index is 4.29. The molecular weight excluding hydrogens is 224 g/mol. The topological polar surface area (TPSA) is 41.4 Å². The van der Waals surface area contributed by atoms with Gasteiger partial charge in [0, 0.05) is 39.1 Å². The summed E-state index contributed by atoms with van der Waals surface area (Å²) >= 11 is 0. The van der Waals surface area contributed by atoms with Crippen molar-refractivity contribution in [2.75, 3.05) is 7.05 Å². The molecule has 1 aliphatic rings. The highest BCUT2D eigenvalue weighted by molar-refractivity contribution is 5.79. The average molecular weight is 248 g/mol. The van der Waals surface area contributed by atoms with Crippen molar-refractivity contribution in [1.82, 2.24) is 15.2 Å². The van der Waals surface area contributed by atoms with Crippen molar-refractivity contribution < 1.29 is 0 Å². The van der Waals surface area contributed by atoms with E-state index < -0.39 is 0 Å². The molecular formula is C14H24N4. The molecule has 4 heteroatoms. The minimum atomic E-state index is 0.598. The Hall–Kier alpha value is -1.45. The van der Waals surface area contributed by atoms with Crippen LogP contribution in [0.25, 0.3) is 0 Å². The fourth-order valence-electron chi connectivity index (χ4n) is 2.49. The highest BCUT2D eigenvalue weighted by Crippen LogP contribution is 2.17. The molecule has 1 aromatic rings. The Morgan fingerprint density at radius 1 is 1.39 bits per heavy atom. The molecule has 100 valence electrons. The van der Waals surface area contributed by atoms with Crippen molar-refractivity contribution in [3.63, 3.8) is 0 Å². The number of nitrogens with zero attached hydrogens (tertiary/aromatic N) is 2. The number of hydrogen-bond acceptors (Lipinski definition) is 1. The van der Waals surface area contributed by atoms with Crippen molar-refractivity contribution >= 4 is 5.96 Å². The number of rotatable bonds is 3. The summed E-state index contributed by atoms with van der Waals surface area (Å²) < 4.78 is 2.06. The Kier molecular flexibility index (Phi) is 4.67. The highest BCUT2D eigenvalue weighted by Gasteiger charge is 2.14. The minimum Gasteiger partial charge on any atom is -0.357 e. The number of aryl methyl sites for hydroxylation is 1. The van der Waals surface area contributed by atoms with E-state index in [2.05, 4.69) is 38.7 Å². The van der Waals surface area contributed by atoms with Gasteiger partial charge in [0.25, 0.3) is 0 Å². The lowest BCUT2D eigenvalue weighted by molar-refractivity contribution is 0.410. The molecule has 2 rings (SSSR count). The van der Waals surface area contributed by atoms with Crippen molar-refractivity contribution in [3.8, 4) is 0 Å². The second kappa shape index (κ2) is 6.47. The van der Waals surface area contributed by atoms with E-state index in [0.717, 1.165) is 12.5 Å². The van der Waals surface area contributed by atoms with Crippen LogP contribution in [-0.2, 0) is 13.6 Å². The highest BCUT2D eigenvalue weighted by atomic mass is 15.2. The first-order chi connectivity index (χ1) is 8.78. The normalized spacial score (nSPS) is 17.8. The molecule has 1 aromatic heterocycles. The van der Waals surface area contributed by atoms with Gasteiger partial charge >= 0.3 is 0 Å². The third-order valence-corrected chi connectivity index (χ3v) is 3.52. The SMILES string of the molecule is CN=C(NCc1ccn(C)c1)NC1CCCCC1. The molecule has 0 amide bonds. The van der Waals surface area contributed by atoms with Crippen molar-refractivity contribution in [2.24, 2.45) is 12.0 Å². The first-order valence-corrected chi connectivity index (χ1v) is 6.86. The summed E-state index contributed by atoms with van der Waals surface area (Å²) in [6.07, 6.45) is 10.8. The van der Waals surface area contributed by atoms with E-state index >= 15 is 0 Å². The zero-order valence-corrected chi connectivity index (χ0v) is 11.4. The van der Waals surface area contributed by atoms with Gasteiger partial charge in [-0.15, -0.1) is 0 Å². The number of hydrogen-bond donors (Lipinski definition) is 2. The van der Waals surface area contributed by atoms with Gasteiger partial charge in [0.05, 0.1) is 0 Å². The third-order valence-electron chi connectivity index (χ3n) is 3.52. The molecule has 18 heavy (non-hydrogen) atoms. The minimum absolute atomic E-state index is 0.598. The lowest BCUT2D eigenvalue weighted by Crippen LogP contribution is -2.43. The zero-order chi connectivity index (χ0) is 12.8. The summed E-state index contributed by atoms with van der Waals surface area (Å²) in [5.74, 6) is 0.922. The Morgan fingerprint density at radius 2 is 2.17 bits per heavy atom. The predicted octanol–water partition coefficient (Wildman–Crippen LogP) is 2.02. The molecule has 0 aromatic carbocycles. The van der Waals surface area contributed by atoms with Crippen LogP contribution in [0, 0.1) is 0 Å². The Labute approximate surface area is 109 Å². The van der Waals surface area contributed by atoms with Gasteiger partial charge in [0.1, 0.15) is 0 Å². The third kappa shape index (κ3) is 3.79. The van der Waals surface area contributed by atoms with Gasteiger partial charge in [-0.1, -0.05) is 19.3 Å². The molecule has 2 N–H and O–H groups in total. The molecule has 0 aliphatic heterocycles. The van der Waals surface area contributed by atoms with Crippen molar-refractivity contribution in [3.05, 3.63) is 24.0 Å². The van der Waals surface area contributed by atoms with Crippen LogP contribution in [0.4, 0.5) is 0 Å². The van der Waals surface area contributed by atoms with Gasteiger partial charge < -0.3 is 15.2 Å². The number of aromatic nitrogens is 1. The maximum Gasteiger partial charge on any atom is 0.191 e. The van der Waals surface area contributed by atoms with E-state index in [9.17, 15) is 0 Å². The van der Waals surface area contributed by atoms with Crippen LogP contribution in [0.1, 0.15) is 37.7 Å². The molecule has 0 spiro atoms. The maximum absolute atomic E-state index is 4.29. The van der Waals surface area contributed by atoms with Crippen LogP contribution < -0.4 is 10.6 Å². The first-order valence-electron chi connectivity index (χ1n) is 6.86.